The van der Waals surface area contributed by atoms with E-state index in [1.165, 1.54) is 0 Å². The summed E-state index contributed by atoms with van der Waals surface area (Å²) >= 11 is 0. The Bertz CT molecular complexity index is 309. The summed E-state index contributed by atoms with van der Waals surface area (Å²) in [6.07, 6.45) is 2.18. The van der Waals surface area contributed by atoms with Crippen molar-refractivity contribution in [2.24, 2.45) is 0 Å². The molecule has 1 rings (SSSR count). The minimum absolute atomic E-state index is 0.127. The van der Waals surface area contributed by atoms with Crippen LogP contribution in [0, 0.1) is 0 Å². The van der Waals surface area contributed by atoms with E-state index in [0.29, 0.717) is 12.5 Å². The quantitative estimate of drug-likeness (QED) is 0.690. The molecule has 1 saturated heterocycles. The van der Waals surface area contributed by atoms with Crippen LogP contribution >= 0.6 is 0 Å². The number of amides is 2. The summed E-state index contributed by atoms with van der Waals surface area (Å²) in [5.41, 5.74) is 0. The van der Waals surface area contributed by atoms with E-state index < -0.39 is 12.0 Å². The number of carbonyl (C=O) groups is 2. The summed E-state index contributed by atoms with van der Waals surface area (Å²) in [5.74, 6) is -0.996. The van der Waals surface area contributed by atoms with Crippen LogP contribution in [0.15, 0.2) is 0 Å². The number of nitrogens with one attached hydrogen (secondary N) is 2. The van der Waals surface area contributed by atoms with Crippen molar-refractivity contribution >= 4 is 12.0 Å². The van der Waals surface area contributed by atoms with E-state index in [4.69, 9.17) is 5.11 Å². The molecule has 0 aromatic heterocycles. The fourth-order valence-electron chi connectivity index (χ4n) is 2.14. The molecule has 0 spiro atoms. The normalized spacial score (nSPS) is 26.4. The highest BCUT2D eigenvalue weighted by atomic mass is 16.4. The lowest BCUT2D eigenvalue weighted by Crippen LogP contribution is -2.52. The number of carbonyl (C=O) groups excluding carboxylic acids is 1. The van der Waals surface area contributed by atoms with Gasteiger partial charge in [0, 0.05) is 18.6 Å². The molecular formula is C12H23N3O3. The minimum atomic E-state index is -0.996. The predicted octanol–water partition coefficient (Wildman–Crippen LogP) is 0.631. The number of carboxylic acid groups (broad SMARTS) is 1. The molecule has 3 N–H and O–H groups in total. The maximum absolute atomic E-state index is 11.7. The van der Waals surface area contributed by atoms with Crippen LogP contribution in [-0.4, -0.2) is 53.7 Å². The maximum atomic E-state index is 11.7. The number of rotatable bonds is 4. The Labute approximate surface area is 108 Å². The first-order valence-electron chi connectivity index (χ1n) is 6.44. The molecule has 2 unspecified atom stereocenters. The number of likely N-dealkylation sites (tertiary alicyclic amines) is 1. The van der Waals surface area contributed by atoms with E-state index in [1.807, 2.05) is 0 Å². The number of nitrogens with zero attached hydrogens (tertiary/aromatic N) is 1. The Hall–Kier alpha value is -1.30. The van der Waals surface area contributed by atoms with Crippen molar-refractivity contribution in [2.75, 3.05) is 13.6 Å². The molecule has 6 nitrogen and oxygen atoms in total. The lowest BCUT2D eigenvalue weighted by Gasteiger charge is -2.35. The van der Waals surface area contributed by atoms with E-state index in [9.17, 15) is 9.59 Å². The standard InChI is InChI=1S/C12H23N3O3/c1-4-10(11(16)17)14-12(18)13-9-5-6-15(3)8(2)7-9/h8-10H,4-7H2,1-3H3,(H,16,17)(H2,13,14,18)/t8?,9?,10-/m0/s1. The third-order valence-electron chi connectivity index (χ3n) is 3.56. The van der Waals surface area contributed by atoms with Gasteiger partial charge in [0.25, 0.3) is 0 Å². The maximum Gasteiger partial charge on any atom is 0.326 e. The molecular weight excluding hydrogens is 234 g/mol. The second kappa shape index (κ2) is 6.58. The lowest BCUT2D eigenvalue weighted by molar-refractivity contribution is -0.139. The van der Waals surface area contributed by atoms with Gasteiger partial charge >= 0.3 is 12.0 Å². The van der Waals surface area contributed by atoms with Gasteiger partial charge in [0.2, 0.25) is 0 Å². The van der Waals surface area contributed by atoms with Crippen LogP contribution in [0.1, 0.15) is 33.1 Å². The molecule has 0 bridgehead atoms. The van der Waals surface area contributed by atoms with Crippen LogP contribution in [0.25, 0.3) is 0 Å². The summed E-state index contributed by atoms with van der Waals surface area (Å²) in [6.45, 7) is 4.80. The summed E-state index contributed by atoms with van der Waals surface area (Å²) in [5, 5.41) is 14.2. The number of piperidine rings is 1. The summed E-state index contributed by atoms with van der Waals surface area (Å²) in [4.78, 5) is 24.7. The lowest BCUT2D eigenvalue weighted by atomic mass is 9.99. The molecule has 6 heteroatoms. The molecule has 104 valence electrons. The fourth-order valence-corrected chi connectivity index (χ4v) is 2.14. The Morgan fingerprint density at radius 1 is 1.50 bits per heavy atom. The minimum Gasteiger partial charge on any atom is -0.480 e. The van der Waals surface area contributed by atoms with Gasteiger partial charge in [-0.3, -0.25) is 0 Å². The molecule has 2 amide bonds. The van der Waals surface area contributed by atoms with Crippen molar-refractivity contribution in [2.45, 2.75) is 51.2 Å². The average Bonchev–Trinajstić information content (AvgIpc) is 2.30. The van der Waals surface area contributed by atoms with Crippen molar-refractivity contribution in [3.05, 3.63) is 0 Å². The van der Waals surface area contributed by atoms with Crippen LogP contribution in [0.3, 0.4) is 0 Å². The van der Waals surface area contributed by atoms with E-state index in [1.54, 1.807) is 6.92 Å². The zero-order valence-electron chi connectivity index (χ0n) is 11.3. The van der Waals surface area contributed by atoms with E-state index in [0.717, 1.165) is 19.4 Å². The van der Waals surface area contributed by atoms with Crippen molar-refractivity contribution in [1.29, 1.82) is 0 Å². The molecule has 18 heavy (non-hydrogen) atoms. The summed E-state index contributed by atoms with van der Waals surface area (Å²) in [6, 6.07) is -0.632. The number of aliphatic carboxylic acids is 1. The van der Waals surface area contributed by atoms with Gasteiger partial charge in [0.1, 0.15) is 6.04 Å². The Balaban J connectivity index is 2.38. The number of hydrogen-bond donors (Lipinski definition) is 3. The smallest absolute Gasteiger partial charge is 0.326 e. The highest BCUT2D eigenvalue weighted by molar-refractivity contribution is 5.82. The zero-order valence-corrected chi connectivity index (χ0v) is 11.3. The second-order valence-electron chi connectivity index (χ2n) is 4.97. The number of hydrogen-bond acceptors (Lipinski definition) is 3. The third kappa shape index (κ3) is 4.18. The fraction of sp³-hybridized carbons (Fsp3) is 0.833. The molecule has 0 saturated carbocycles. The van der Waals surface area contributed by atoms with Crippen molar-refractivity contribution < 1.29 is 14.7 Å². The summed E-state index contributed by atoms with van der Waals surface area (Å²) < 4.78 is 0. The Morgan fingerprint density at radius 3 is 2.67 bits per heavy atom. The SMILES string of the molecule is CC[C@H](NC(=O)NC1CCN(C)C(C)C1)C(=O)O. The van der Waals surface area contributed by atoms with Gasteiger partial charge in [-0.25, -0.2) is 9.59 Å². The topological polar surface area (TPSA) is 81.7 Å². The first-order chi connectivity index (χ1) is 8.43. The van der Waals surface area contributed by atoms with Crippen molar-refractivity contribution in [3.63, 3.8) is 0 Å². The second-order valence-corrected chi connectivity index (χ2v) is 4.97. The molecule has 3 atom stereocenters. The number of carboxylic acids is 1. The highest BCUT2D eigenvalue weighted by Crippen LogP contribution is 2.15. The monoisotopic (exact) mass is 257 g/mol. The molecule has 1 aliphatic rings. The van der Waals surface area contributed by atoms with E-state index in [-0.39, 0.29) is 12.1 Å². The van der Waals surface area contributed by atoms with Crippen molar-refractivity contribution in [1.82, 2.24) is 15.5 Å². The van der Waals surface area contributed by atoms with E-state index in [2.05, 4.69) is 29.5 Å². The number of urea groups is 1. The van der Waals surface area contributed by atoms with Gasteiger partial charge in [-0.15, -0.1) is 0 Å². The summed E-state index contributed by atoms with van der Waals surface area (Å²) in [7, 11) is 2.07. The van der Waals surface area contributed by atoms with Gasteiger partial charge < -0.3 is 20.6 Å². The van der Waals surface area contributed by atoms with Gasteiger partial charge in [0.05, 0.1) is 0 Å². The van der Waals surface area contributed by atoms with Crippen LogP contribution < -0.4 is 10.6 Å². The molecule has 0 aromatic carbocycles. The van der Waals surface area contributed by atoms with Crippen LogP contribution in [0.5, 0.6) is 0 Å². The third-order valence-corrected chi connectivity index (χ3v) is 3.56. The predicted molar refractivity (Wildman–Crippen MR) is 68.5 cm³/mol. The molecule has 0 radical (unpaired) electrons. The van der Waals surface area contributed by atoms with Gasteiger partial charge in [0.15, 0.2) is 0 Å². The first kappa shape index (κ1) is 14.8. The van der Waals surface area contributed by atoms with Crippen molar-refractivity contribution in [3.8, 4) is 0 Å². The van der Waals surface area contributed by atoms with E-state index >= 15 is 0 Å². The average molecular weight is 257 g/mol. The van der Waals surface area contributed by atoms with Gasteiger partial charge in [-0.1, -0.05) is 6.92 Å². The van der Waals surface area contributed by atoms with Crippen LogP contribution in [0.4, 0.5) is 4.79 Å². The molecule has 0 aromatic rings. The molecule has 1 heterocycles. The highest BCUT2D eigenvalue weighted by Gasteiger charge is 2.25. The molecule has 0 aliphatic carbocycles. The van der Waals surface area contributed by atoms with Gasteiger partial charge in [-0.2, -0.15) is 0 Å². The zero-order chi connectivity index (χ0) is 13.7. The largest absolute Gasteiger partial charge is 0.480 e. The Morgan fingerprint density at radius 2 is 2.17 bits per heavy atom. The van der Waals surface area contributed by atoms with Crippen LogP contribution in [-0.2, 0) is 4.79 Å². The molecule has 1 aliphatic heterocycles. The van der Waals surface area contributed by atoms with Crippen LogP contribution in [0.2, 0.25) is 0 Å². The van der Waals surface area contributed by atoms with Gasteiger partial charge in [-0.05, 0) is 33.2 Å². The first-order valence-corrected chi connectivity index (χ1v) is 6.44. The Kier molecular flexibility index (Phi) is 5.40. The molecule has 1 fully saturated rings.